The highest BCUT2D eigenvalue weighted by atomic mass is 16.5. The van der Waals surface area contributed by atoms with Gasteiger partial charge in [0, 0.05) is 13.7 Å². The first kappa shape index (κ1) is 13.8. The zero-order valence-corrected chi connectivity index (χ0v) is 11.1. The van der Waals surface area contributed by atoms with Crippen molar-refractivity contribution in [2.24, 2.45) is 7.05 Å². The summed E-state index contributed by atoms with van der Waals surface area (Å²) in [6, 6.07) is 0. The first-order valence-corrected chi connectivity index (χ1v) is 6.09. The third kappa shape index (κ3) is 2.91. The number of ether oxygens (including phenoxy) is 1. The lowest BCUT2D eigenvalue weighted by molar-refractivity contribution is -0.144. The third-order valence-electron chi connectivity index (χ3n) is 3.19. The second-order valence-corrected chi connectivity index (χ2v) is 4.03. The molecule has 0 N–H and O–H groups in total. The number of Topliss-reactive ketones (excluding diaryl/α,β-unsaturated/α-hetero) is 1. The molecule has 0 amide bonds. The number of carbonyl (C=O) groups is 1. The van der Waals surface area contributed by atoms with E-state index < -0.39 is 5.60 Å². The number of carbonyl (C=O) groups excluding carboxylic acids is 1. The number of aromatic nitrogens is 3. The zero-order valence-electron chi connectivity index (χ0n) is 11.1. The largest absolute Gasteiger partial charge is 0.368 e. The van der Waals surface area contributed by atoms with Gasteiger partial charge in [-0.15, -0.1) is 0 Å². The van der Waals surface area contributed by atoms with Crippen molar-refractivity contribution >= 4 is 5.78 Å². The monoisotopic (exact) mass is 239 g/mol. The lowest BCUT2D eigenvalue weighted by Gasteiger charge is -2.29. The van der Waals surface area contributed by atoms with E-state index in [1.54, 1.807) is 11.7 Å². The van der Waals surface area contributed by atoms with E-state index in [0.29, 0.717) is 25.3 Å². The topological polar surface area (TPSA) is 57.0 Å². The van der Waals surface area contributed by atoms with E-state index in [0.717, 1.165) is 0 Å². The molecule has 1 aromatic heterocycles. The quantitative estimate of drug-likeness (QED) is 0.724. The minimum atomic E-state index is -0.666. The highest BCUT2D eigenvalue weighted by Crippen LogP contribution is 2.23. The van der Waals surface area contributed by atoms with Crippen LogP contribution < -0.4 is 0 Å². The molecule has 1 aromatic rings. The maximum atomic E-state index is 12.3. The van der Waals surface area contributed by atoms with Gasteiger partial charge in [0.15, 0.2) is 5.78 Å². The van der Waals surface area contributed by atoms with Crippen LogP contribution in [-0.4, -0.2) is 32.8 Å². The summed E-state index contributed by atoms with van der Waals surface area (Å²) < 4.78 is 7.30. The summed E-state index contributed by atoms with van der Waals surface area (Å²) in [6.07, 6.45) is 3.11. The van der Waals surface area contributed by atoms with Crippen LogP contribution in [-0.2, 0) is 23.0 Å². The predicted molar refractivity (Wildman–Crippen MR) is 64.7 cm³/mol. The van der Waals surface area contributed by atoms with Crippen LogP contribution in [0.3, 0.4) is 0 Å². The van der Waals surface area contributed by atoms with Crippen molar-refractivity contribution in [3.63, 3.8) is 0 Å². The molecule has 0 fully saturated rings. The highest BCUT2D eigenvalue weighted by molar-refractivity contribution is 5.88. The summed E-state index contributed by atoms with van der Waals surface area (Å²) in [4.78, 5) is 16.4. The van der Waals surface area contributed by atoms with Gasteiger partial charge in [-0.3, -0.25) is 9.48 Å². The molecular formula is C12H21N3O2. The minimum Gasteiger partial charge on any atom is -0.368 e. The molecule has 0 aliphatic heterocycles. The lowest BCUT2D eigenvalue weighted by atomic mass is 9.89. The Morgan fingerprint density at radius 1 is 1.41 bits per heavy atom. The van der Waals surface area contributed by atoms with Gasteiger partial charge in [0.25, 0.3) is 0 Å². The molecule has 17 heavy (non-hydrogen) atoms. The smallest absolute Gasteiger partial charge is 0.172 e. The Balaban J connectivity index is 2.82. The minimum absolute atomic E-state index is 0.0838. The molecule has 0 saturated carbocycles. The molecule has 1 rings (SSSR count). The van der Waals surface area contributed by atoms with Gasteiger partial charge >= 0.3 is 0 Å². The van der Waals surface area contributed by atoms with Gasteiger partial charge in [-0.1, -0.05) is 13.8 Å². The second kappa shape index (κ2) is 5.91. The molecule has 0 saturated heterocycles. The summed E-state index contributed by atoms with van der Waals surface area (Å²) in [5.74, 6) is 0.765. The highest BCUT2D eigenvalue weighted by Gasteiger charge is 2.35. The molecule has 1 heterocycles. The van der Waals surface area contributed by atoms with E-state index in [9.17, 15) is 4.79 Å². The Bertz CT molecular complexity index is 370. The SMILES string of the molecule is CCOC(CC)(CC)C(=O)Cc1ncnn1C. The second-order valence-electron chi connectivity index (χ2n) is 4.03. The van der Waals surface area contributed by atoms with E-state index in [1.165, 1.54) is 6.33 Å². The molecule has 0 atom stereocenters. The first-order valence-electron chi connectivity index (χ1n) is 6.09. The molecule has 5 heteroatoms. The van der Waals surface area contributed by atoms with E-state index in [-0.39, 0.29) is 12.2 Å². The van der Waals surface area contributed by atoms with Crippen molar-refractivity contribution < 1.29 is 9.53 Å². The maximum absolute atomic E-state index is 12.3. The zero-order chi connectivity index (χ0) is 12.9. The number of hydrogen-bond donors (Lipinski definition) is 0. The standard InChI is InChI=1S/C12H21N3O2/c1-5-12(6-2,17-7-3)10(16)8-11-13-9-14-15(11)4/h9H,5-8H2,1-4H3. The predicted octanol–water partition coefficient (Wildman–Crippen LogP) is 1.52. The molecule has 0 radical (unpaired) electrons. The molecule has 0 bridgehead atoms. The van der Waals surface area contributed by atoms with Crippen molar-refractivity contribution in [1.82, 2.24) is 14.8 Å². The Morgan fingerprint density at radius 3 is 2.47 bits per heavy atom. The fraction of sp³-hybridized carbons (Fsp3) is 0.750. The van der Waals surface area contributed by atoms with Crippen molar-refractivity contribution in [3.8, 4) is 0 Å². The Hall–Kier alpha value is -1.23. The molecule has 96 valence electrons. The third-order valence-corrected chi connectivity index (χ3v) is 3.19. The summed E-state index contributed by atoms with van der Waals surface area (Å²) in [6.45, 7) is 6.42. The lowest BCUT2D eigenvalue weighted by Crippen LogP contribution is -2.42. The van der Waals surface area contributed by atoms with Crippen LogP contribution in [0.1, 0.15) is 39.4 Å². The van der Waals surface area contributed by atoms with E-state index in [1.807, 2.05) is 20.8 Å². The van der Waals surface area contributed by atoms with Crippen LogP contribution in [0.5, 0.6) is 0 Å². The van der Waals surface area contributed by atoms with Crippen molar-refractivity contribution in [1.29, 1.82) is 0 Å². The fourth-order valence-corrected chi connectivity index (χ4v) is 1.99. The van der Waals surface area contributed by atoms with Crippen LogP contribution in [0, 0.1) is 0 Å². The molecular weight excluding hydrogens is 218 g/mol. The van der Waals surface area contributed by atoms with Gasteiger partial charge in [0.1, 0.15) is 17.8 Å². The van der Waals surface area contributed by atoms with Crippen molar-refractivity contribution in [3.05, 3.63) is 12.2 Å². The van der Waals surface area contributed by atoms with Gasteiger partial charge in [0.05, 0.1) is 6.42 Å². The molecule has 0 aliphatic rings. The summed E-state index contributed by atoms with van der Waals surface area (Å²) >= 11 is 0. The fourth-order valence-electron chi connectivity index (χ4n) is 1.99. The summed E-state index contributed by atoms with van der Waals surface area (Å²) in [5.41, 5.74) is -0.666. The van der Waals surface area contributed by atoms with Gasteiger partial charge in [0.2, 0.25) is 0 Å². The summed E-state index contributed by atoms with van der Waals surface area (Å²) in [7, 11) is 1.79. The van der Waals surface area contributed by atoms with Gasteiger partial charge in [-0.2, -0.15) is 5.10 Å². The molecule has 0 spiro atoms. The number of hydrogen-bond acceptors (Lipinski definition) is 4. The number of aryl methyl sites for hydroxylation is 1. The van der Waals surface area contributed by atoms with Gasteiger partial charge < -0.3 is 4.74 Å². The van der Waals surface area contributed by atoms with Crippen LogP contribution in [0.2, 0.25) is 0 Å². The molecule has 0 aromatic carbocycles. The Morgan fingerprint density at radius 2 is 2.06 bits per heavy atom. The number of nitrogens with zero attached hydrogens (tertiary/aromatic N) is 3. The van der Waals surface area contributed by atoms with Crippen LogP contribution in [0.25, 0.3) is 0 Å². The number of ketones is 1. The summed E-state index contributed by atoms with van der Waals surface area (Å²) in [5, 5.41) is 3.96. The first-order chi connectivity index (χ1) is 8.09. The van der Waals surface area contributed by atoms with Gasteiger partial charge in [-0.25, -0.2) is 4.98 Å². The van der Waals surface area contributed by atoms with Crippen molar-refractivity contribution in [2.45, 2.75) is 45.6 Å². The van der Waals surface area contributed by atoms with E-state index in [2.05, 4.69) is 10.1 Å². The Kier molecular flexibility index (Phi) is 4.81. The average Bonchev–Trinajstić information content (AvgIpc) is 2.72. The van der Waals surface area contributed by atoms with Crippen LogP contribution in [0.4, 0.5) is 0 Å². The van der Waals surface area contributed by atoms with Crippen molar-refractivity contribution in [2.75, 3.05) is 6.61 Å². The van der Waals surface area contributed by atoms with Gasteiger partial charge in [-0.05, 0) is 19.8 Å². The normalized spacial score (nSPS) is 11.8. The maximum Gasteiger partial charge on any atom is 0.172 e. The van der Waals surface area contributed by atoms with Crippen LogP contribution in [0.15, 0.2) is 6.33 Å². The molecule has 0 unspecified atom stereocenters. The average molecular weight is 239 g/mol. The number of rotatable bonds is 7. The van der Waals surface area contributed by atoms with E-state index in [4.69, 9.17) is 4.74 Å². The Labute approximate surface area is 102 Å². The molecule has 5 nitrogen and oxygen atoms in total. The molecule has 0 aliphatic carbocycles. The van der Waals surface area contributed by atoms with Crippen LogP contribution >= 0.6 is 0 Å². The van der Waals surface area contributed by atoms with E-state index >= 15 is 0 Å².